The number of nitrogens with one attached hydrogen (secondary N) is 1. The van der Waals surface area contributed by atoms with E-state index in [4.69, 9.17) is 4.42 Å². The molecule has 0 amide bonds. The minimum atomic E-state index is -0.838. The summed E-state index contributed by atoms with van der Waals surface area (Å²) >= 11 is 0. The molecular formula is C27H29F2N9O3. The number of halogens is 2. The molecule has 1 atom stereocenters. The van der Waals surface area contributed by atoms with Crippen molar-refractivity contribution < 1.29 is 23.1 Å². The van der Waals surface area contributed by atoms with Crippen molar-refractivity contribution in [1.82, 2.24) is 35.2 Å². The van der Waals surface area contributed by atoms with Crippen LogP contribution in [0.4, 0.5) is 20.7 Å². The lowest BCUT2D eigenvalue weighted by molar-refractivity contribution is -0.147. The summed E-state index contributed by atoms with van der Waals surface area (Å²) in [4.78, 5) is 22.1. The molecule has 3 aromatic heterocycles. The number of benzene rings is 1. The molecule has 14 heteroatoms. The molecule has 0 saturated carbocycles. The van der Waals surface area contributed by atoms with Crippen molar-refractivity contribution in [3.8, 4) is 11.5 Å². The fourth-order valence-electron chi connectivity index (χ4n) is 5.16. The van der Waals surface area contributed by atoms with Crippen molar-refractivity contribution in [3.05, 3.63) is 59.2 Å². The predicted molar refractivity (Wildman–Crippen MR) is 142 cm³/mol. The second-order valence-electron chi connectivity index (χ2n) is 11.2. The van der Waals surface area contributed by atoms with Crippen LogP contribution in [0.3, 0.4) is 0 Å². The summed E-state index contributed by atoms with van der Waals surface area (Å²) < 4.78 is 34.7. The molecule has 1 unspecified atom stereocenters. The van der Waals surface area contributed by atoms with Gasteiger partial charge in [0.15, 0.2) is 11.6 Å². The third kappa shape index (κ3) is 5.58. The Labute approximate surface area is 233 Å². The highest BCUT2D eigenvalue weighted by molar-refractivity contribution is 5.73. The van der Waals surface area contributed by atoms with Crippen molar-refractivity contribution in [1.29, 1.82) is 0 Å². The number of aliphatic carboxylic acids is 1. The van der Waals surface area contributed by atoms with Crippen molar-refractivity contribution in [2.24, 2.45) is 5.41 Å². The highest BCUT2D eigenvalue weighted by Gasteiger charge is 2.31. The van der Waals surface area contributed by atoms with Crippen LogP contribution in [0.25, 0.3) is 11.5 Å². The second-order valence-corrected chi connectivity index (χ2v) is 11.2. The first-order valence-electron chi connectivity index (χ1n) is 13.4. The molecule has 0 radical (unpaired) electrons. The molecule has 214 valence electrons. The number of aromatic nitrogens is 7. The third-order valence-corrected chi connectivity index (χ3v) is 7.80. The van der Waals surface area contributed by atoms with Crippen molar-refractivity contribution in [2.45, 2.75) is 58.0 Å². The molecule has 1 aliphatic carbocycles. The first-order valence-corrected chi connectivity index (χ1v) is 13.4. The molecule has 0 spiro atoms. The summed E-state index contributed by atoms with van der Waals surface area (Å²) in [5.41, 5.74) is 2.14. The zero-order valence-corrected chi connectivity index (χ0v) is 22.6. The Morgan fingerprint density at radius 1 is 1.12 bits per heavy atom. The number of anilines is 2. The monoisotopic (exact) mass is 565 g/mol. The maximum absolute atomic E-state index is 13.5. The summed E-state index contributed by atoms with van der Waals surface area (Å²) in [7, 11) is 0. The number of carbonyl (C=O) groups is 1. The van der Waals surface area contributed by atoms with Gasteiger partial charge in [0, 0.05) is 50.2 Å². The normalized spacial score (nSPS) is 17.3. The van der Waals surface area contributed by atoms with E-state index in [-0.39, 0.29) is 12.0 Å². The average molecular weight is 566 g/mol. The van der Waals surface area contributed by atoms with E-state index in [0.29, 0.717) is 62.3 Å². The zero-order chi connectivity index (χ0) is 28.7. The Kier molecular flexibility index (Phi) is 6.83. The van der Waals surface area contributed by atoms with Gasteiger partial charge in [0.05, 0.1) is 16.7 Å². The standard InChI is InChI=1S/C27H29F2N9O3/c1-27(2,24(39)40)4-6-38-14-22(33-36-38)15-3-5-37(13-15)26-35-34-23(41-26)18-11-30-25(31-12-18)32-19-7-16-9-20(28)21(29)10-17(16)8-19/h9-12,14-15,19H,3-8,13H2,1-2H3,(H,39,40)(H,30,31,32). The van der Waals surface area contributed by atoms with Crippen LogP contribution in [0.15, 0.2) is 35.1 Å². The minimum Gasteiger partial charge on any atom is -0.481 e. The smallest absolute Gasteiger partial charge is 0.318 e. The van der Waals surface area contributed by atoms with Crippen LogP contribution in [0.1, 0.15) is 49.4 Å². The van der Waals surface area contributed by atoms with Crippen LogP contribution < -0.4 is 10.2 Å². The molecule has 4 heterocycles. The summed E-state index contributed by atoms with van der Waals surface area (Å²) in [6, 6.07) is 2.83. The molecule has 2 N–H and O–H groups in total. The molecule has 1 aromatic carbocycles. The Morgan fingerprint density at radius 3 is 2.51 bits per heavy atom. The lowest BCUT2D eigenvalue weighted by atomic mass is 9.90. The molecule has 6 rings (SSSR count). The predicted octanol–water partition coefficient (Wildman–Crippen LogP) is 3.47. The van der Waals surface area contributed by atoms with Gasteiger partial charge in [-0.05, 0) is 62.8 Å². The number of nitrogens with zero attached hydrogens (tertiary/aromatic N) is 8. The molecule has 1 aliphatic heterocycles. The fourth-order valence-corrected chi connectivity index (χ4v) is 5.16. The fraction of sp³-hybridized carbons (Fsp3) is 0.444. The van der Waals surface area contributed by atoms with Crippen molar-refractivity contribution in [3.63, 3.8) is 0 Å². The van der Waals surface area contributed by atoms with Gasteiger partial charge in [-0.25, -0.2) is 18.7 Å². The summed E-state index contributed by atoms with van der Waals surface area (Å²) in [6.07, 6.45) is 7.45. The van der Waals surface area contributed by atoms with Crippen LogP contribution >= 0.6 is 0 Å². The molecule has 1 fully saturated rings. The maximum Gasteiger partial charge on any atom is 0.318 e. The van der Waals surface area contributed by atoms with E-state index < -0.39 is 23.0 Å². The molecule has 2 aliphatic rings. The van der Waals surface area contributed by atoms with Gasteiger partial charge >= 0.3 is 12.0 Å². The van der Waals surface area contributed by atoms with E-state index in [9.17, 15) is 18.7 Å². The van der Waals surface area contributed by atoms with Crippen LogP contribution in [0, 0.1) is 17.0 Å². The number of rotatable bonds is 9. The highest BCUT2D eigenvalue weighted by atomic mass is 19.2. The first-order chi connectivity index (χ1) is 19.6. The first kappa shape index (κ1) is 26.7. The summed E-state index contributed by atoms with van der Waals surface area (Å²) in [5, 5.41) is 29.4. The minimum absolute atomic E-state index is 0.0617. The SMILES string of the molecule is CC(C)(CCn1cc(C2CCN(c3nnc(-c4cnc(NC5Cc6cc(F)c(F)cc6C5)nc4)o3)C2)nn1)C(=O)O. The maximum atomic E-state index is 13.5. The molecule has 12 nitrogen and oxygen atoms in total. The molecule has 4 aromatic rings. The number of hydrogen-bond acceptors (Lipinski definition) is 10. The van der Waals surface area contributed by atoms with Gasteiger partial charge in [-0.15, -0.1) is 10.2 Å². The average Bonchev–Trinajstić information content (AvgIpc) is 3.74. The van der Waals surface area contributed by atoms with Crippen molar-refractivity contribution >= 4 is 17.9 Å². The number of carboxylic acids is 1. The molecule has 41 heavy (non-hydrogen) atoms. The Hall–Kier alpha value is -4.49. The molecule has 0 bridgehead atoms. The van der Waals surface area contributed by atoms with E-state index in [0.717, 1.165) is 23.2 Å². The zero-order valence-electron chi connectivity index (χ0n) is 22.6. The van der Waals surface area contributed by atoms with Crippen molar-refractivity contribution in [2.75, 3.05) is 23.3 Å². The van der Waals surface area contributed by atoms with E-state index in [2.05, 4.69) is 35.8 Å². The Morgan fingerprint density at radius 2 is 1.83 bits per heavy atom. The van der Waals surface area contributed by atoms with Gasteiger partial charge in [0.2, 0.25) is 5.95 Å². The summed E-state index contributed by atoms with van der Waals surface area (Å²) in [6.45, 7) is 5.21. The Bertz CT molecular complexity index is 1540. The highest BCUT2D eigenvalue weighted by Crippen LogP contribution is 2.31. The lowest BCUT2D eigenvalue weighted by Gasteiger charge is -2.18. The molecule has 1 saturated heterocycles. The third-order valence-electron chi connectivity index (χ3n) is 7.80. The largest absolute Gasteiger partial charge is 0.481 e. The van der Waals surface area contributed by atoms with Crippen LogP contribution in [-0.4, -0.2) is 65.4 Å². The second kappa shape index (κ2) is 10.5. The molecular weight excluding hydrogens is 536 g/mol. The van der Waals surface area contributed by atoms with Gasteiger partial charge in [0.25, 0.3) is 5.89 Å². The van der Waals surface area contributed by atoms with Gasteiger partial charge < -0.3 is 19.7 Å². The lowest BCUT2D eigenvalue weighted by Crippen LogP contribution is -2.25. The van der Waals surface area contributed by atoms with Gasteiger partial charge in [0.1, 0.15) is 0 Å². The number of hydrogen-bond donors (Lipinski definition) is 2. The number of fused-ring (bicyclic) bond motifs is 1. The quantitative estimate of drug-likeness (QED) is 0.307. The Balaban J connectivity index is 1.04. The number of aryl methyl sites for hydroxylation is 1. The number of carboxylic acid groups (broad SMARTS) is 1. The van der Waals surface area contributed by atoms with Gasteiger partial charge in [-0.3, -0.25) is 9.48 Å². The summed E-state index contributed by atoms with van der Waals surface area (Å²) in [5.74, 6) is -1.69. The topological polar surface area (TPSA) is 148 Å². The van der Waals surface area contributed by atoms with E-state index >= 15 is 0 Å². The van der Waals surface area contributed by atoms with E-state index in [1.54, 1.807) is 30.9 Å². The van der Waals surface area contributed by atoms with E-state index in [1.807, 2.05) is 11.1 Å². The van der Waals surface area contributed by atoms with Gasteiger partial charge in [-0.2, -0.15) is 0 Å². The van der Waals surface area contributed by atoms with Crippen LogP contribution in [0.5, 0.6) is 0 Å². The van der Waals surface area contributed by atoms with Crippen LogP contribution in [-0.2, 0) is 24.2 Å². The van der Waals surface area contributed by atoms with E-state index in [1.165, 1.54) is 12.1 Å². The van der Waals surface area contributed by atoms with Crippen LogP contribution in [0.2, 0.25) is 0 Å². The van der Waals surface area contributed by atoms with Gasteiger partial charge in [-0.1, -0.05) is 10.3 Å².